The van der Waals surface area contributed by atoms with Crippen molar-refractivity contribution < 1.29 is 13.9 Å². The number of rotatable bonds is 5. The molecule has 5 heteroatoms. The average Bonchev–Trinajstić information content (AvgIpc) is 2.95. The van der Waals surface area contributed by atoms with Crippen molar-refractivity contribution in [2.45, 2.75) is 13.8 Å². The Morgan fingerprint density at radius 1 is 1.43 bits per heavy atom. The van der Waals surface area contributed by atoms with Crippen LogP contribution in [-0.4, -0.2) is 12.6 Å². The van der Waals surface area contributed by atoms with Gasteiger partial charge in [-0.25, -0.2) is 4.79 Å². The van der Waals surface area contributed by atoms with E-state index in [0.29, 0.717) is 29.4 Å². The van der Waals surface area contributed by atoms with Gasteiger partial charge in [0.15, 0.2) is 0 Å². The van der Waals surface area contributed by atoms with E-state index in [1.165, 1.54) is 12.3 Å². The lowest BCUT2D eigenvalue weighted by molar-refractivity contribution is -0.137. The number of carbonyl (C=O) groups is 1. The van der Waals surface area contributed by atoms with Gasteiger partial charge in [0.1, 0.15) is 5.76 Å². The van der Waals surface area contributed by atoms with Gasteiger partial charge in [0, 0.05) is 0 Å². The molecular formula is C16H18N2O3. The van der Waals surface area contributed by atoms with Gasteiger partial charge >= 0.3 is 5.97 Å². The minimum absolute atomic E-state index is 0.313. The maximum absolute atomic E-state index is 11.7. The van der Waals surface area contributed by atoms with Gasteiger partial charge < -0.3 is 20.2 Å². The highest BCUT2D eigenvalue weighted by Crippen LogP contribution is 2.25. The Morgan fingerprint density at radius 3 is 2.86 bits per heavy atom. The minimum atomic E-state index is -0.443. The molecule has 0 unspecified atom stereocenters. The van der Waals surface area contributed by atoms with Crippen LogP contribution in [-0.2, 0) is 9.53 Å². The highest BCUT2D eigenvalue weighted by atomic mass is 16.5. The molecule has 0 atom stereocenters. The van der Waals surface area contributed by atoms with Crippen molar-refractivity contribution in [2.75, 3.05) is 17.7 Å². The topological polar surface area (TPSA) is 77.5 Å². The lowest BCUT2D eigenvalue weighted by Gasteiger charge is -2.12. The summed E-state index contributed by atoms with van der Waals surface area (Å²) in [5.74, 6) is 0.0881. The molecule has 1 aromatic heterocycles. The fraction of sp³-hybridized carbons (Fsp3) is 0.188. The Bertz CT molecular complexity index is 646. The molecule has 0 aliphatic heterocycles. The van der Waals surface area contributed by atoms with Crippen LogP contribution in [0.1, 0.15) is 18.2 Å². The lowest BCUT2D eigenvalue weighted by Crippen LogP contribution is -2.06. The standard InChI is InChI=1S/C16H18N2O3/c1-3-20-16(19)10-14(15-5-4-8-21-15)18-13-7-6-11(2)9-12(13)17/h4-10,18H,3,17H2,1-2H3/b14-10+. The maximum atomic E-state index is 11.7. The molecular weight excluding hydrogens is 268 g/mol. The highest BCUT2D eigenvalue weighted by Gasteiger charge is 2.10. The van der Waals surface area contributed by atoms with Gasteiger partial charge in [0.25, 0.3) is 0 Å². The molecule has 2 rings (SSSR count). The quantitative estimate of drug-likeness (QED) is 0.501. The molecule has 5 nitrogen and oxygen atoms in total. The summed E-state index contributed by atoms with van der Waals surface area (Å²) in [6.45, 7) is 4.03. The zero-order chi connectivity index (χ0) is 15.2. The van der Waals surface area contributed by atoms with E-state index >= 15 is 0 Å². The Balaban J connectivity index is 2.30. The molecule has 0 aliphatic carbocycles. The summed E-state index contributed by atoms with van der Waals surface area (Å²) in [5, 5.41) is 3.11. The Morgan fingerprint density at radius 2 is 2.24 bits per heavy atom. The van der Waals surface area contributed by atoms with E-state index < -0.39 is 5.97 Å². The molecule has 0 radical (unpaired) electrons. The fourth-order valence-corrected chi connectivity index (χ4v) is 1.84. The molecule has 110 valence electrons. The van der Waals surface area contributed by atoms with Crippen LogP contribution in [0.2, 0.25) is 0 Å². The molecule has 0 amide bonds. The van der Waals surface area contributed by atoms with E-state index in [0.717, 1.165) is 5.56 Å². The number of carbonyl (C=O) groups excluding carboxylic acids is 1. The molecule has 1 heterocycles. The number of hydrogen-bond donors (Lipinski definition) is 2. The number of nitrogen functional groups attached to an aromatic ring is 1. The number of furan rings is 1. The molecule has 0 saturated carbocycles. The zero-order valence-corrected chi connectivity index (χ0v) is 12.1. The van der Waals surface area contributed by atoms with E-state index in [1.54, 1.807) is 19.1 Å². The third-order valence-corrected chi connectivity index (χ3v) is 2.81. The van der Waals surface area contributed by atoms with Crippen LogP contribution in [0.25, 0.3) is 5.70 Å². The van der Waals surface area contributed by atoms with Gasteiger partial charge in [0.05, 0.1) is 36.0 Å². The van der Waals surface area contributed by atoms with Gasteiger partial charge in [-0.1, -0.05) is 6.07 Å². The number of benzene rings is 1. The molecule has 21 heavy (non-hydrogen) atoms. The lowest BCUT2D eigenvalue weighted by atomic mass is 10.2. The second-order valence-electron chi connectivity index (χ2n) is 4.50. The second kappa shape index (κ2) is 6.65. The first kappa shape index (κ1) is 14.7. The highest BCUT2D eigenvalue weighted by molar-refractivity contribution is 5.94. The first-order valence-electron chi connectivity index (χ1n) is 6.65. The Hall–Kier alpha value is -2.69. The van der Waals surface area contributed by atoms with Crippen molar-refractivity contribution in [1.29, 1.82) is 0 Å². The summed E-state index contributed by atoms with van der Waals surface area (Å²) >= 11 is 0. The maximum Gasteiger partial charge on any atom is 0.332 e. The van der Waals surface area contributed by atoms with Crippen molar-refractivity contribution in [2.24, 2.45) is 0 Å². The van der Waals surface area contributed by atoms with E-state index in [4.69, 9.17) is 14.9 Å². The van der Waals surface area contributed by atoms with Crippen LogP contribution in [0.15, 0.2) is 47.1 Å². The Kier molecular flexibility index (Phi) is 4.66. The third kappa shape index (κ3) is 3.89. The molecule has 0 aliphatic rings. The molecule has 0 bridgehead atoms. The molecule has 3 N–H and O–H groups in total. The number of ether oxygens (including phenoxy) is 1. The van der Waals surface area contributed by atoms with E-state index in [2.05, 4.69) is 5.32 Å². The molecule has 1 aromatic carbocycles. The van der Waals surface area contributed by atoms with Gasteiger partial charge in [0.2, 0.25) is 0 Å². The number of esters is 1. The van der Waals surface area contributed by atoms with Crippen molar-refractivity contribution in [3.63, 3.8) is 0 Å². The Labute approximate surface area is 123 Å². The average molecular weight is 286 g/mol. The van der Waals surface area contributed by atoms with Crippen molar-refractivity contribution >= 4 is 23.0 Å². The van der Waals surface area contributed by atoms with Gasteiger partial charge in [-0.2, -0.15) is 0 Å². The molecule has 2 aromatic rings. The monoisotopic (exact) mass is 286 g/mol. The molecule has 0 fully saturated rings. The van der Waals surface area contributed by atoms with Crippen LogP contribution < -0.4 is 11.1 Å². The van der Waals surface area contributed by atoms with Crippen LogP contribution in [0.5, 0.6) is 0 Å². The van der Waals surface area contributed by atoms with E-state index in [1.807, 2.05) is 25.1 Å². The largest absolute Gasteiger partial charge is 0.463 e. The van der Waals surface area contributed by atoms with Crippen molar-refractivity contribution in [1.82, 2.24) is 0 Å². The summed E-state index contributed by atoms with van der Waals surface area (Å²) in [6, 6.07) is 9.14. The smallest absolute Gasteiger partial charge is 0.332 e. The fourth-order valence-electron chi connectivity index (χ4n) is 1.84. The van der Waals surface area contributed by atoms with Crippen LogP contribution >= 0.6 is 0 Å². The van der Waals surface area contributed by atoms with Gasteiger partial charge in [-0.05, 0) is 43.7 Å². The summed E-state index contributed by atoms with van der Waals surface area (Å²) in [5.41, 5.74) is 8.83. The van der Waals surface area contributed by atoms with Crippen LogP contribution in [0.4, 0.5) is 11.4 Å². The zero-order valence-electron chi connectivity index (χ0n) is 12.1. The van der Waals surface area contributed by atoms with E-state index in [-0.39, 0.29) is 0 Å². The van der Waals surface area contributed by atoms with E-state index in [9.17, 15) is 4.79 Å². The summed E-state index contributed by atoms with van der Waals surface area (Å²) < 4.78 is 10.3. The number of aryl methyl sites for hydroxylation is 1. The summed E-state index contributed by atoms with van der Waals surface area (Å²) in [7, 11) is 0. The van der Waals surface area contributed by atoms with Crippen molar-refractivity contribution in [3.05, 3.63) is 54.0 Å². The van der Waals surface area contributed by atoms with Crippen LogP contribution in [0.3, 0.4) is 0 Å². The van der Waals surface area contributed by atoms with Gasteiger partial charge in [-0.15, -0.1) is 0 Å². The third-order valence-electron chi connectivity index (χ3n) is 2.81. The number of hydrogen-bond acceptors (Lipinski definition) is 5. The summed E-state index contributed by atoms with van der Waals surface area (Å²) in [6.07, 6.45) is 2.89. The predicted molar refractivity (Wildman–Crippen MR) is 82.5 cm³/mol. The number of nitrogens with one attached hydrogen (secondary N) is 1. The SMILES string of the molecule is CCOC(=O)/C=C(/Nc1ccc(C)cc1N)c1ccco1. The number of nitrogens with two attached hydrogens (primary N) is 1. The summed E-state index contributed by atoms with van der Waals surface area (Å²) in [4.78, 5) is 11.7. The molecule has 0 spiro atoms. The molecule has 0 saturated heterocycles. The first-order chi connectivity index (χ1) is 10.1. The minimum Gasteiger partial charge on any atom is -0.463 e. The number of anilines is 2. The predicted octanol–water partition coefficient (Wildman–Crippen LogP) is 3.19. The van der Waals surface area contributed by atoms with Crippen LogP contribution in [0, 0.1) is 6.92 Å². The second-order valence-corrected chi connectivity index (χ2v) is 4.50. The first-order valence-corrected chi connectivity index (χ1v) is 6.65. The van der Waals surface area contributed by atoms with Gasteiger partial charge in [-0.3, -0.25) is 0 Å². The van der Waals surface area contributed by atoms with Crippen molar-refractivity contribution in [3.8, 4) is 0 Å². The normalized spacial score (nSPS) is 11.2.